The van der Waals surface area contributed by atoms with Gasteiger partial charge in [0.2, 0.25) is 0 Å². The van der Waals surface area contributed by atoms with Crippen LogP contribution in [0.1, 0.15) is 26.5 Å². The molecule has 1 heterocycles. The highest BCUT2D eigenvalue weighted by atomic mass is 32.2. The third-order valence-electron chi connectivity index (χ3n) is 2.65. The summed E-state index contributed by atoms with van der Waals surface area (Å²) < 4.78 is 33.9. The molecule has 22 heavy (non-hydrogen) atoms. The maximum Gasteiger partial charge on any atom is 0.425 e. The lowest BCUT2D eigenvalue weighted by Gasteiger charge is -2.25. The van der Waals surface area contributed by atoms with Crippen LogP contribution in [0.15, 0.2) is 28.8 Å². The molecule has 8 nitrogen and oxygen atoms in total. The molecule has 120 valence electrons. The number of aromatic nitrogens is 1. The Morgan fingerprint density at radius 3 is 2.59 bits per heavy atom. The molecule has 0 atom stereocenters. The van der Waals surface area contributed by atoms with Crippen LogP contribution < -0.4 is 5.14 Å². The Hall–Kier alpha value is -2.13. The molecule has 1 aromatic heterocycles. The SMILES string of the molecule is CC(C)(C)OC(=O)N(Cc1noc2ccccc12)S(N)(=O)=O. The van der Waals surface area contributed by atoms with E-state index in [1.165, 1.54) is 0 Å². The summed E-state index contributed by atoms with van der Waals surface area (Å²) in [7, 11) is -4.30. The van der Waals surface area contributed by atoms with Gasteiger partial charge in [-0.3, -0.25) is 0 Å². The van der Waals surface area contributed by atoms with Gasteiger partial charge in [-0.25, -0.2) is 9.93 Å². The van der Waals surface area contributed by atoms with Crippen LogP contribution in [0.5, 0.6) is 0 Å². The highest BCUT2D eigenvalue weighted by Crippen LogP contribution is 2.21. The number of rotatable bonds is 3. The Morgan fingerprint density at radius 1 is 1.36 bits per heavy atom. The van der Waals surface area contributed by atoms with Gasteiger partial charge in [-0.15, -0.1) is 0 Å². The number of para-hydroxylation sites is 1. The lowest BCUT2D eigenvalue weighted by atomic mass is 10.2. The van der Waals surface area contributed by atoms with Crippen LogP contribution in [-0.2, 0) is 21.5 Å². The number of carbonyl (C=O) groups is 1. The summed E-state index contributed by atoms with van der Waals surface area (Å²) in [6, 6.07) is 6.89. The minimum Gasteiger partial charge on any atom is -0.443 e. The molecule has 0 bridgehead atoms. The standard InChI is InChI=1S/C13H17N3O5S/c1-13(2,3)20-12(17)16(22(14,18)19)8-10-9-6-4-5-7-11(9)21-15-10/h4-7H,8H2,1-3H3,(H2,14,18,19). The van der Waals surface area contributed by atoms with Crippen molar-refractivity contribution in [2.75, 3.05) is 0 Å². The molecule has 0 unspecified atom stereocenters. The zero-order valence-electron chi connectivity index (χ0n) is 12.4. The van der Waals surface area contributed by atoms with Gasteiger partial charge in [-0.1, -0.05) is 17.3 Å². The van der Waals surface area contributed by atoms with Crippen molar-refractivity contribution in [3.05, 3.63) is 30.0 Å². The van der Waals surface area contributed by atoms with Gasteiger partial charge in [-0.05, 0) is 32.9 Å². The number of amides is 1. The normalized spacial score (nSPS) is 12.4. The summed E-state index contributed by atoms with van der Waals surface area (Å²) in [6.07, 6.45) is -1.07. The molecule has 0 saturated heterocycles. The number of hydrogen-bond acceptors (Lipinski definition) is 6. The molecule has 0 radical (unpaired) electrons. The number of hydrogen-bond donors (Lipinski definition) is 1. The fourth-order valence-electron chi connectivity index (χ4n) is 1.76. The smallest absolute Gasteiger partial charge is 0.425 e. The van der Waals surface area contributed by atoms with Crippen LogP contribution in [0, 0.1) is 0 Å². The average molecular weight is 327 g/mol. The number of fused-ring (bicyclic) bond motifs is 1. The van der Waals surface area contributed by atoms with Crippen molar-refractivity contribution >= 4 is 27.3 Å². The van der Waals surface area contributed by atoms with Gasteiger partial charge in [0.05, 0.1) is 6.54 Å². The van der Waals surface area contributed by atoms with E-state index in [0.717, 1.165) is 0 Å². The van der Waals surface area contributed by atoms with Crippen molar-refractivity contribution in [1.82, 2.24) is 9.46 Å². The Labute approximate surface area is 128 Å². The fraction of sp³-hybridized carbons (Fsp3) is 0.385. The van der Waals surface area contributed by atoms with Crippen LogP contribution in [0.2, 0.25) is 0 Å². The number of benzene rings is 1. The number of nitrogens with two attached hydrogens (primary N) is 1. The van der Waals surface area contributed by atoms with Crippen LogP contribution in [0.25, 0.3) is 11.0 Å². The Kier molecular flexibility index (Phi) is 4.12. The van der Waals surface area contributed by atoms with E-state index in [0.29, 0.717) is 15.3 Å². The lowest BCUT2D eigenvalue weighted by Crippen LogP contribution is -2.43. The van der Waals surface area contributed by atoms with Gasteiger partial charge < -0.3 is 9.26 Å². The van der Waals surface area contributed by atoms with Gasteiger partial charge in [0.15, 0.2) is 5.58 Å². The first kappa shape index (κ1) is 16.2. The fourth-order valence-corrected chi connectivity index (χ4v) is 2.31. The first-order valence-electron chi connectivity index (χ1n) is 6.45. The third-order valence-corrected chi connectivity index (χ3v) is 3.54. The van der Waals surface area contributed by atoms with Crippen molar-refractivity contribution < 1.29 is 22.5 Å². The van der Waals surface area contributed by atoms with E-state index in [9.17, 15) is 13.2 Å². The first-order chi connectivity index (χ1) is 10.1. The zero-order valence-corrected chi connectivity index (χ0v) is 13.3. The molecule has 2 rings (SSSR count). The zero-order chi connectivity index (χ0) is 16.5. The van der Waals surface area contributed by atoms with Crippen LogP contribution in [-0.4, -0.2) is 29.6 Å². The highest BCUT2D eigenvalue weighted by molar-refractivity contribution is 7.87. The van der Waals surface area contributed by atoms with E-state index in [-0.39, 0.29) is 12.2 Å². The van der Waals surface area contributed by atoms with E-state index in [4.69, 9.17) is 14.4 Å². The van der Waals surface area contributed by atoms with E-state index < -0.39 is 21.9 Å². The molecule has 1 aromatic carbocycles. The monoisotopic (exact) mass is 327 g/mol. The van der Waals surface area contributed by atoms with Gasteiger partial charge in [0.1, 0.15) is 11.3 Å². The van der Waals surface area contributed by atoms with Crippen molar-refractivity contribution in [3.63, 3.8) is 0 Å². The predicted molar refractivity (Wildman–Crippen MR) is 78.9 cm³/mol. The maximum absolute atomic E-state index is 12.1. The molecule has 0 spiro atoms. The largest absolute Gasteiger partial charge is 0.443 e. The van der Waals surface area contributed by atoms with Crippen molar-refractivity contribution in [2.45, 2.75) is 32.9 Å². The average Bonchev–Trinajstić information content (AvgIpc) is 2.75. The highest BCUT2D eigenvalue weighted by Gasteiger charge is 2.30. The Balaban J connectivity index is 2.34. The predicted octanol–water partition coefficient (Wildman–Crippen LogP) is 1.77. The van der Waals surface area contributed by atoms with Gasteiger partial charge in [0.25, 0.3) is 0 Å². The molecule has 9 heteroatoms. The number of carbonyl (C=O) groups excluding carboxylic acids is 1. The van der Waals surface area contributed by atoms with E-state index in [1.54, 1.807) is 45.0 Å². The van der Waals surface area contributed by atoms with Crippen LogP contribution in [0.4, 0.5) is 4.79 Å². The van der Waals surface area contributed by atoms with Crippen molar-refractivity contribution in [3.8, 4) is 0 Å². The Bertz CT molecular complexity index is 791. The lowest BCUT2D eigenvalue weighted by molar-refractivity contribution is 0.0380. The summed E-state index contributed by atoms with van der Waals surface area (Å²) in [5.74, 6) is 0. The van der Waals surface area contributed by atoms with Gasteiger partial charge in [-0.2, -0.15) is 12.7 Å². The topological polar surface area (TPSA) is 116 Å². The molecule has 0 aliphatic rings. The molecule has 0 saturated carbocycles. The minimum atomic E-state index is -4.30. The number of nitrogens with zero attached hydrogens (tertiary/aromatic N) is 2. The third kappa shape index (κ3) is 3.74. The minimum absolute atomic E-state index is 0.274. The summed E-state index contributed by atoms with van der Waals surface area (Å²) in [6.45, 7) is 4.50. The second-order valence-corrected chi connectivity index (χ2v) is 7.13. The second-order valence-electron chi connectivity index (χ2n) is 5.66. The van der Waals surface area contributed by atoms with Crippen LogP contribution in [0.3, 0.4) is 0 Å². The Morgan fingerprint density at radius 2 is 2.00 bits per heavy atom. The van der Waals surface area contributed by atoms with Crippen molar-refractivity contribution in [1.29, 1.82) is 0 Å². The van der Waals surface area contributed by atoms with E-state index >= 15 is 0 Å². The first-order valence-corrected chi connectivity index (χ1v) is 7.95. The molecule has 2 N–H and O–H groups in total. The molecule has 1 amide bonds. The number of ether oxygens (including phenoxy) is 1. The molecular formula is C13H17N3O5S. The van der Waals surface area contributed by atoms with Gasteiger partial charge in [0, 0.05) is 5.39 Å². The second kappa shape index (κ2) is 5.58. The van der Waals surface area contributed by atoms with Crippen LogP contribution >= 0.6 is 0 Å². The van der Waals surface area contributed by atoms with E-state index in [1.807, 2.05) is 0 Å². The van der Waals surface area contributed by atoms with Gasteiger partial charge >= 0.3 is 16.3 Å². The molecule has 0 aliphatic carbocycles. The quantitative estimate of drug-likeness (QED) is 0.918. The van der Waals surface area contributed by atoms with E-state index in [2.05, 4.69) is 5.16 Å². The summed E-state index contributed by atoms with van der Waals surface area (Å²) >= 11 is 0. The maximum atomic E-state index is 12.1. The summed E-state index contributed by atoms with van der Waals surface area (Å²) in [5.41, 5.74) is -0.0992. The summed E-state index contributed by atoms with van der Waals surface area (Å²) in [4.78, 5) is 12.1. The van der Waals surface area contributed by atoms with Crippen molar-refractivity contribution in [2.24, 2.45) is 5.14 Å². The molecular weight excluding hydrogens is 310 g/mol. The molecule has 0 fully saturated rings. The summed E-state index contributed by atoms with van der Waals surface area (Å²) in [5, 5.41) is 9.48. The molecule has 0 aliphatic heterocycles. The molecule has 2 aromatic rings.